The van der Waals surface area contributed by atoms with Gasteiger partial charge in [0.25, 0.3) is 0 Å². The lowest BCUT2D eigenvalue weighted by Crippen LogP contribution is -2.55. The highest BCUT2D eigenvalue weighted by atomic mass is 79.9. The molecule has 0 bridgehead atoms. The van der Waals surface area contributed by atoms with Crippen LogP contribution in [0.2, 0.25) is 0 Å². The molecule has 0 aromatic carbocycles. The predicted octanol–water partition coefficient (Wildman–Crippen LogP) is 5.39. The number of anilines is 1. The molecule has 0 amide bonds. The van der Waals surface area contributed by atoms with Crippen LogP contribution in [0.15, 0.2) is 41.3 Å². The number of halogens is 1. The van der Waals surface area contributed by atoms with Crippen molar-refractivity contribution < 1.29 is 19.1 Å². The number of aromatic nitrogens is 2. The van der Waals surface area contributed by atoms with Crippen molar-refractivity contribution in [2.75, 3.05) is 45.3 Å². The van der Waals surface area contributed by atoms with E-state index in [1.54, 1.807) is 30.5 Å². The van der Waals surface area contributed by atoms with E-state index >= 15 is 0 Å². The maximum Gasteiger partial charge on any atom is 0.310 e. The summed E-state index contributed by atoms with van der Waals surface area (Å²) in [4.78, 5) is 32.2. The fourth-order valence-electron chi connectivity index (χ4n) is 5.44. The summed E-state index contributed by atoms with van der Waals surface area (Å²) in [7, 11) is 2.84. The monoisotopic (exact) mass is 699 g/mol. The second-order valence-electron chi connectivity index (χ2n) is 12.4. The number of ether oxygens (including phenoxy) is 2. The van der Waals surface area contributed by atoms with Crippen LogP contribution in [-0.4, -0.2) is 73.4 Å². The Kier molecular flexibility index (Phi) is 17.4. The molecule has 0 aliphatic carbocycles. The van der Waals surface area contributed by atoms with Crippen molar-refractivity contribution in [3.63, 3.8) is 0 Å². The molecule has 11 nitrogen and oxygen atoms in total. The minimum atomic E-state index is -0.166. The summed E-state index contributed by atoms with van der Waals surface area (Å²) in [6.07, 6.45) is 8.77. The topological polar surface area (TPSA) is 153 Å². The van der Waals surface area contributed by atoms with Crippen LogP contribution in [0.25, 0.3) is 0 Å². The van der Waals surface area contributed by atoms with Crippen LogP contribution < -0.4 is 15.5 Å². The van der Waals surface area contributed by atoms with E-state index in [1.807, 2.05) is 17.0 Å². The molecule has 46 heavy (non-hydrogen) atoms. The van der Waals surface area contributed by atoms with E-state index in [-0.39, 0.29) is 31.2 Å². The van der Waals surface area contributed by atoms with Gasteiger partial charge in [-0.3, -0.25) is 9.59 Å². The van der Waals surface area contributed by atoms with Gasteiger partial charge in [-0.2, -0.15) is 10.5 Å². The first-order valence-corrected chi connectivity index (χ1v) is 15.9. The molecule has 2 aromatic rings. The van der Waals surface area contributed by atoms with Gasteiger partial charge >= 0.3 is 11.9 Å². The van der Waals surface area contributed by atoms with Gasteiger partial charge < -0.3 is 25.0 Å². The molecule has 3 saturated heterocycles. The molecule has 12 heteroatoms. The van der Waals surface area contributed by atoms with E-state index in [0.717, 1.165) is 42.9 Å². The van der Waals surface area contributed by atoms with Gasteiger partial charge in [-0.1, -0.05) is 7.43 Å². The van der Waals surface area contributed by atoms with Crippen LogP contribution in [0.5, 0.6) is 0 Å². The van der Waals surface area contributed by atoms with Crippen molar-refractivity contribution in [2.45, 2.75) is 78.3 Å². The average Bonchev–Trinajstić information content (AvgIpc) is 3.74. The molecule has 2 atom stereocenters. The van der Waals surface area contributed by atoms with Gasteiger partial charge in [-0.05, 0) is 107 Å². The van der Waals surface area contributed by atoms with Gasteiger partial charge in [-0.15, -0.1) is 0 Å². The van der Waals surface area contributed by atoms with Gasteiger partial charge in [0.05, 0.1) is 37.2 Å². The minimum absolute atomic E-state index is 0. The number of rotatable bonds is 3. The summed E-state index contributed by atoms with van der Waals surface area (Å²) < 4.78 is 10.0. The molecule has 2 N–H and O–H groups in total. The number of hydrogen-bond acceptors (Lipinski definition) is 11. The van der Waals surface area contributed by atoms with Crippen LogP contribution in [0.1, 0.15) is 78.4 Å². The van der Waals surface area contributed by atoms with Crippen molar-refractivity contribution in [3.05, 3.63) is 52.4 Å². The number of carbonyl (C=O) groups excluding carboxylic acids is 2. The van der Waals surface area contributed by atoms with Gasteiger partial charge in [0.1, 0.15) is 22.6 Å². The highest BCUT2D eigenvalue weighted by Gasteiger charge is 2.31. The fraction of sp³-hybridized carbons (Fsp3) is 0.588. The maximum atomic E-state index is 11.4. The van der Waals surface area contributed by atoms with Gasteiger partial charge in [0.15, 0.2) is 0 Å². The SMILES string of the molecule is C.CC1(C)CCCC(C)(C)N1.COC(=O)C1CCN(c2ccc(C#N)cn2)C1.COC(=O)C1CCNC1.N#Cc1ccc(Br)nc1. The molecule has 252 valence electrons. The molecule has 2 unspecified atom stereocenters. The van der Waals surface area contributed by atoms with Gasteiger partial charge in [0, 0.05) is 43.1 Å². The zero-order valence-corrected chi connectivity index (χ0v) is 28.8. The number of esters is 2. The molecular formula is C34H50BrN7O4. The van der Waals surface area contributed by atoms with E-state index < -0.39 is 0 Å². The van der Waals surface area contributed by atoms with E-state index in [0.29, 0.717) is 28.7 Å². The smallest absolute Gasteiger partial charge is 0.310 e. The second-order valence-corrected chi connectivity index (χ2v) is 13.2. The Morgan fingerprint density at radius 1 is 0.913 bits per heavy atom. The van der Waals surface area contributed by atoms with Gasteiger partial charge in [0.2, 0.25) is 0 Å². The van der Waals surface area contributed by atoms with E-state index in [2.05, 4.69) is 69.0 Å². The van der Waals surface area contributed by atoms with Crippen LogP contribution in [0.3, 0.4) is 0 Å². The molecule has 5 heterocycles. The van der Waals surface area contributed by atoms with E-state index in [9.17, 15) is 9.59 Å². The standard InChI is InChI=1S/C12H13N3O2.C9H19N.C6H3BrN2.C6H11NO2.CH4/c1-17-12(16)10-4-5-15(8-10)11-3-2-9(6-13)7-14-11;1-8(2)6-5-7-9(3,4)10-8;7-6-2-1-5(3-8)4-9-6;1-9-6(8)5-2-3-7-4-5;/h2-3,7,10H,4-5,8H2,1H3;10H,5-7H2,1-4H3;1-2,4H;5,7H,2-4H2,1H3;1H4. The molecule has 3 fully saturated rings. The molecule has 0 radical (unpaired) electrons. The lowest BCUT2D eigenvalue weighted by molar-refractivity contribution is -0.145. The number of nitriles is 2. The average molecular weight is 701 g/mol. The highest BCUT2D eigenvalue weighted by Crippen LogP contribution is 2.27. The summed E-state index contributed by atoms with van der Waals surface area (Å²) in [5.41, 5.74) is 1.85. The second kappa shape index (κ2) is 19.8. The van der Waals surface area contributed by atoms with Crippen LogP contribution in [0.4, 0.5) is 5.82 Å². The zero-order chi connectivity index (χ0) is 33.5. The third-order valence-electron chi connectivity index (χ3n) is 7.66. The molecule has 0 spiro atoms. The lowest BCUT2D eigenvalue weighted by Gasteiger charge is -2.42. The number of nitrogens with one attached hydrogen (secondary N) is 2. The lowest BCUT2D eigenvalue weighted by atomic mass is 9.83. The Morgan fingerprint density at radius 2 is 1.48 bits per heavy atom. The van der Waals surface area contributed by atoms with E-state index in [1.165, 1.54) is 39.7 Å². The number of hydrogen-bond donors (Lipinski definition) is 2. The summed E-state index contributed by atoms with van der Waals surface area (Å²) >= 11 is 3.15. The molecule has 2 aromatic heterocycles. The van der Waals surface area contributed by atoms with Crippen LogP contribution in [0, 0.1) is 34.5 Å². The van der Waals surface area contributed by atoms with Crippen molar-refractivity contribution in [1.82, 2.24) is 20.6 Å². The maximum absolute atomic E-state index is 11.4. The van der Waals surface area contributed by atoms with Crippen LogP contribution in [-0.2, 0) is 19.1 Å². The van der Waals surface area contributed by atoms with Crippen molar-refractivity contribution in [3.8, 4) is 12.1 Å². The van der Waals surface area contributed by atoms with Crippen LogP contribution >= 0.6 is 15.9 Å². The Bertz CT molecular complexity index is 1280. The number of nitrogens with zero attached hydrogens (tertiary/aromatic N) is 5. The van der Waals surface area contributed by atoms with Crippen molar-refractivity contribution >= 4 is 33.7 Å². The summed E-state index contributed by atoms with van der Waals surface area (Å²) in [5.74, 6) is 0.587. The Morgan fingerprint density at radius 3 is 1.89 bits per heavy atom. The first-order chi connectivity index (χ1) is 21.3. The summed E-state index contributed by atoms with van der Waals surface area (Å²) in [5, 5.41) is 23.7. The Hall–Kier alpha value is -3.58. The first-order valence-electron chi connectivity index (χ1n) is 15.1. The largest absolute Gasteiger partial charge is 0.469 e. The highest BCUT2D eigenvalue weighted by molar-refractivity contribution is 9.10. The summed E-state index contributed by atoms with van der Waals surface area (Å²) in [6, 6.07) is 11.0. The Balaban J connectivity index is 0.000000319. The molecular weight excluding hydrogens is 650 g/mol. The number of carbonyl (C=O) groups is 2. The zero-order valence-electron chi connectivity index (χ0n) is 27.2. The third-order valence-corrected chi connectivity index (χ3v) is 8.12. The molecule has 0 saturated carbocycles. The minimum Gasteiger partial charge on any atom is -0.469 e. The van der Waals surface area contributed by atoms with Gasteiger partial charge in [-0.25, -0.2) is 9.97 Å². The number of methoxy groups -OCH3 is 2. The number of pyridine rings is 2. The Labute approximate surface area is 283 Å². The fourth-order valence-corrected chi connectivity index (χ4v) is 5.68. The normalized spacial score (nSPS) is 20.2. The number of piperidine rings is 1. The first kappa shape index (κ1) is 40.4. The molecule has 3 aliphatic rings. The molecule has 3 aliphatic heterocycles. The van der Waals surface area contributed by atoms with Crippen molar-refractivity contribution in [1.29, 1.82) is 10.5 Å². The van der Waals surface area contributed by atoms with E-state index in [4.69, 9.17) is 15.3 Å². The quantitative estimate of drug-likeness (QED) is 0.313. The van der Waals surface area contributed by atoms with Crippen molar-refractivity contribution in [2.24, 2.45) is 11.8 Å². The molecule has 5 rings (SSSR count). The predicted molar refractivity (Wildman–Crippen MR) is 183 cm³/mol. The third kappa shape index (κ3) is 14.2. The summed E-state index contributed by atoms with van der Waals surface area (Å²) in [6.45, 7) is 12.3.